The van der Waals surface area contributed by atoms with Gasteiger partial charge in [-0.2, -0.15) is 0 Å². The number of hydrogen-bond donors (Lipinski definition) is 0. The smallest absolute Gasteiger partial charge is 0.343 e. The predicted molar refractivity (Wildman–Crippen MR) is 87.0 cm³/mol. The topological polar surface area (TPSA) is 57.1 Å². The summed E-state index contributed by atoms with van der Waals surface area (Å²) in [6, 6.07) is 3.28. The van der Waals surface area contributed by atoms with Crippen LogP contribution in [0.2, 0.25) is 10.0 Å². The van der Waals surface area contributed by atoms with Crippen LogP contribution in [0.1, 0.15) is 18.9 Å². The van der Waals surface area contributed by atoms with Crippen molar-refractivity contribution in [2.75, 3.05) is 20.8 Å². The van der Waals surface area contributed by atoms with E-state index in [0.29, 0.717) is 17.7 Å². The lowest BCUT2D eigenvalue weighted by atomic mass is 10.0. The largest absolute Gasteiger partial charge is 0.480 e. The van der Waals surface area contributed by atoms with Gasteiger partial charge in [-0.25, -0.2) is 4.79 Å². The number of allylic oxidation sites excluding steroid dienone is 1. The van der Waals surface area contributed by atoms with Crippen molar-refractivity contribution in [1.82, 2.24) is 0 Å². The molecule has 0 fully saturated rings. The fraction of sp³-hybridized carbons (Fsp3) is 0.333. The van der Waals surface area contributed by atoms with Crippen LogP contribution >= 0.6 is 23.2 Å². The molecule has 0 amide bonds. The number of nitrogens with zero attached hydrogens (tertiary/aromatic N) is 1. The van der Waals surface area contributed by atoms with Crippen molar-refractivity contribution < 1.29 is 19.1 Å². The van der Waals surface area contributed by atoms with Crippen LogP contribution in [0, 0.1) is 0 Å². The Balaban J connectivity index is 3.15. The van der Waals surface area contributed by atoms with E-state index in [1.54, 1.807) is 12.1 Å². The van der Waals surface area contributed by atoms with Crippen LogP contribution in [0.5, 0.6) is 5.75 Å². The average Bonchev–Trinajstić information content (AvgIpc) is 2.53. The summed E-state index contributed by atoms with van der Waals surface area (Å²) >= 11 is 12.5. The molecule has 5 nitrogen and oxygen atoms in total. The molecule has 0 aliphatic heterocycles. The summed E-state index contributed by atoms with van der Waals surface area (Å²) in [4.78, 5) is 15.9. The number of rotatable bonds is 7. The van der Waals surface area contributed by atoms with E-state index in [1.165, 1.54) is 14.2 Å². The molecule has 0 spiro atoms. The van der Waals surface area contributed by atoms with Crippen molar-refractivity contribution in [3.05, 3.63) is 39.9 Å². The molecule has 0 atom stereocenters. The minimum absolute atomic E-state index is 0.177. The van der Waals surface area contributed by atoms with E-state index in [-0.39, 0.29) is 22.4 Å². The standard InChI is InChI=1S/C15H17Cl2NO4/c1-5-9(2)15(18-21-4)10-6-7-11(14(17)13(10)16)22-8-12(19)20-3/h6-7H,2,5,8H2,1,3-4H3. The second-order valence-corrected chi connectivity index (χ2v) is 4.94. The van der Waals surface area contributed by atoms with E-state index in [9.17, 15) is 4.79 Å². The third-order valence-corrected chi connectivity index (χ3v) is 3.68. The quantitative estimate of drug-likeness (QED) is 0.427. The molecule has 0 saturated carbocycles. The van der Waals surface area contributed by atoms with Gasteiger partial charge >= 0.3 is 5.97 Å². The Morgan fingerprint density at radius 2 is 1.95 bits per heavy atom. The maximum Gasteiger partial charge on any atom is 0.343 e. The minimum atomic E-state index is -0.516. The fourth-order valence-corrected chi connectivity index (χ4v) is 2.05. The van der Waals surface area contributed by atoms with E-state index in [4.69, 9.17) is 32.8 Å². The lowest BCUT2D eigenvalue weighted by Crippen LogP contribution is -2.13. The lowest BCUT2D eigenvalue weighted by molar-refractivity contribution is -0.142. The number of carbonyl (C=O) groups is 1. The van der Waals surface area contributed by atoms with Gasteiger partial charge in [0.25, 0.3) is 0 Å². The summed E-state index contributed by atoms with van der Waals surface area (Å²) in [5.41, 5.74) is 1.84. The molecule has 0 bridgehead atoms. The first kappa shape index (κ1) is 18.3. The van der Waals surface area contributed by atoms with Gasteiger partial charge in [-0.3, -0.25) is 0 Å². The van der Waals surface area contributed by atoms with E-state index in [2.05, 4.69) is 16.5 Å². The van der Waals surface area contributed by atoms with Gasteiger partial charge in [0.1, 0.15) is 23.6 Å². The highest BCUT2D eigenvalue weighted by molar-refractivity contribution is 6.45. The Kier molecular flexibility index (Phi) is 7.21. The van der Waals surface area contributed by atoms with E-state index in [1.807, 2.05) is 6.92 Å². The van der Waals surface area contributed by atoms with Crippen molar-refractivity contribution in [1.29, 1.82) is 0 Å². The first-order valence-electron chi connectivity index (χ1n) is 6.43. The van der Waals surface area contributed by atoms with E-state index < -0.39 is 5.97 Å². The molecular weight excluding hydrogens is 329 g/mol. The molecule has 1 rings (SSSR count). The molecular formula is C15H17Cl2NO4. The van der Waals surface area contributed by atoms with Gasteiger partial charge < -0.3 is 14.3 Å². The maximum absolute atomic E-state index is 11.1. The number of oxime groups is 1. The summed E-state index contributed by atoms with van der Waals surface area (Å²) in [7, 11) is 2.71. The number of methoxy groups -OCH3 is 1. The first-order valence-corrected chi connectivity index (χ1v) is 7.19. The van der Waals surface area contributed by atoms with Crippen LogP contribution in [0.3, 0.4) is 0 Å². The summed E-state index contributed by atoms with van der Waals surface area (Å²) in [6.45, 7) is 5.61. The maximum atomic E-state index is 11.1. The first-order chi connectivity index (χ1) is 10.5. The van der Waals surface area contributed by atoms with Crippen LogP contribution in [-0.4, -0.2) is 32.5 Å². The Morgan fingerprint density at radius 1 is 1.27 bits per heavy atom. The molecule has 22 heavy (non-hydrogen) atoms. The second-order valence-electron chi connectivity index (χ2n) is 4.18. The molecule has 7 heteroatoms. The summed E-state index contributed by atoms with van der Waals surface area (Å²) in [6.07, 6.45) is 0.677. The van der Waals surface area contributed by atoms with Crippen LogP contribution in [0.15, 0.2) is 29.4 Å². The van der Waals surface area contributed by atoms with E-state index in [0.717, 1.165) is 5.57 Å². The third kappa shape index (κ3) is 4.39. The number of hydrogen-bond acceptors (Lipinski definition) is 5. The Hall–Kier alpha value is -1.72. The van der Waals surface area contributed by atoms with Crippen LogP contribution in [0.25, 0.3) is 0 Å². The Labute approximate surface area is 139 Å². The molecule has 0 N–H and O–H groups in total. The summed E-state index contributed by atoms with van der Waals surface area (Å²) < 4.78 is 9.76. The number of ether oxygens (including phenoxy) is 2. The molecule has 0 aliphatic carbocycles. The molecule has 0 unspecified atom stereocenters. The second kappa shape index (κ2) is 8.66. The molecule has 0 radical (unpaired) electrons. The highest BCUT2D eigenvalue weighted by Crippen LogP contribution is 2.36. The zero-order chi connectivity index (χ0) is 16.7. The monoisotopic (exact) mass is 345 g/mol. The van der Waals surface area contributed by atoms with Crippen molar-refractivity contribution >= 4 is 34.9 Å². The number of halogens is 2. The normalized spacial score (nSPS) is 11.0. The number of benzene rings is 1. The summed E-state index contributed by atoms with van der Waals surface area (Å²) in [5, 5.41) is 4.36. The Bertz CT molecular complexity index is 599. The number of esters is 1. The van der Waals surface area contributed by atoms with Crippen LogP contribution < -0.4 is 4.74 Å². The highest BCUT2D eigenvalue weighted by atomic mass is 35.5. The molecule has 0 heterocycles. The van der Waals surface area contributed by atoms with Crippen molar-refractivity contribution in [2.24, 2.45) is 5.16 Å². The average molecular weight is 346 g/mol. The third-order valence-electron chi connectivity index (χ3n) is 2.82. The van der Waals surface area contributed by atoms with Crippen molar-refractivity contribution in [3.8, 4) is 5.75 Å². The number of carbonyl (C=O) groups excluding carboxylic acids is 1. The lowest BCUT2D eigenvalue weighted by Gasteiger charge is -2.13. The molecule has 1 aromatic carbocycles. The van der Waals surface area contributed by atoms with Gasteiger partial charge in [0.2, 0.25) is 0 Å². The minimum Gasteiger partial charge on any atom is -0.480 e. The van der Waals surface area contributed by atoms with Crippen molar-refractivity contribution in [3.63, 3.8) is 0 Å². The zero-order valence-corrected chi connectivity index (χ0v) is 14.1. The Morgan fingerprint density at radius 3 is 2.50 bits per heavy atom. The van der Waals surface area contributed by atoms with Gasteiger partial charge in [-0.15, -0.1) is 0 Å². The highest BCUT2D eigenvalue weighted by Gasteiger charge is 2.18. The van der Waals surface area contributed by atoms with Crippen LogP contribution in [0.4, 0.5) is 0 Å². The van der Waals surface area contributed by atoms with Gasteiger partial charge in [0.05, 0.1) is 12.1 Å². The molecule has 0 saturated heterocycles. The van der Waals surface area contributed by atoms with Gasteiger partial charge in [-0.1, -0.05) is 41.9 Å². The van der Waals surface area contributed by atoms with E-state index >= 15 is 0 Å². The zero-order valence-electron chi connectivity index (χ0n) is 12.6. The predicted octanol–water partition coefficient (Wildman–Crippen LogP) is 3.86. The van der Waals surface area contributed by atoms with Gasteiger partial charge in [-0.05, 0) is 24.1 Å². The summed E-state index contributed by atoms with van der Waals surface area (Å²) in [5.74, 6) is -0.239. The molecule has 120 valence electrons. The molecule has 1 aromatic rings. The SMILES string of the molecule is C=C(CC)C(=NOC)c1ccc(OCC(=O)OC)c(Cl)c1Cl. The van der Waals surface area contributed by atoms with Gasteiger partial charge in [0, 0.05) is 5.56 Å². The van der Waals surface area contributed by atoms with Crippen LogP contribution in [-0.2, 0) is 14.4 Å². The molecule has 0 aromatic heterocycles. The molecule has 0 aliphatic rings. The van der Waals surface area contributed by atoms with Crippen molar-refractivity contribution in [2.45, 2.75) is 13.3 Å². The fourth-order valence-electron chi connectivity index (χ4n) is 1.58. The van der Waals surface area contributed by atoms with Gasteiger partial charge in [0.15, 0.2) is 6.61 Å².